The lowest BCUT2D eigenvalue weighted by Crippen LogP contribution is -2.51. The number of thiophene rings is 1. The minimum atomic E-state index is -0.922. The molecule has 2 heterocycles. The summed E-state index contributed by atoms with van der Waals surface area (Å²) in [6.45, 7) is 6.54. The van der Waals surface area contributed by atoms with Crippen molar-refractivity contribution in [1.82, 2.24) is 4.90 Å². The highest BCUT2D eigenvalue weighted by molar-refractivity contribution is 7.10. The maximum Gasteiger partial charge on any atom is 0.266 e. The van der Waals surface area contributed by atoms with Gasteiger partial charge >= 0.3 is 0 Å². The first-order valence-electron chi connectivity index (χ1n) is 8.24. The molecule has 24 heavy (non-hydrogen) atoms. The van der Waals surface area contributed by atoms with Crippen LogP contribution in [0.3, 0.4) is 0 Å². The zero-order valence-corrected chi connectivity index (χ0v) is 15.8. The van der Waals surface area contributed by atoms with Crippen LogP contribution in [0.1, 0.15) is 43.7 Å². The number of halogens is 1. The third-order valence-electron chi connectivity index (χ3n) is 4.44. The van der Waals surface area contributed by atoms with Gasteiger partial charge in [0.05, 0.1) is 6.04 Å². The summed E-state index contributed by atoms with van der Waals surface area (Å²) in [5.41, 5.74) is 0.374. The Balaban J connectivity index is 1.80. The van der Waals surface area contributed by atoms with Crippen molar-refractivity contribution in [3.05, 3.63) is 51.2 Å². The van der Waals surface area contributed by atoms with E-state index in [2.05, 4.69) is 18.4 Å². The summed E-state index contributed by atoms with van der Waals surface area (Å²) in [5.74, 6) is 0.681. The van der Waals surface area contributed by atoms with Gasteiger partial charge in [-0.15, -0.1) is 11.3 Å². The van der Waals surface area contributed by atoms with Crippen LogP contribution in [-0.2, 0) is 11.2 Å². The van der Waals surface area contributed by atoms with Crippen LogP contribution in [0.4, 0.5) is 0 Å². The third-order valence-corrected chi connectivity index (χ3v) is 5.69. The SMILES string of the molecule is CCC1c2ccsc2CCN1C(=O)C(C)(C)Oc1ccc(Cl)cc1. The van der Waals surface area contributed by atoms with Crippen LogP contribution >= 0.6 is 22.9 Å². The van der Waals surface area contributed by atoms with Crippen LogP contribution in [0, 0.1) is 0 Å². The number of nitrogens with zero attached hydrogens (tertiary/aromatic N) is 1. The molecule has 3 rings (SSSR count). The van der Waals surface area contributed by atoms with Gasteiger partial charge in [-0.1, -0.05) is 18.5 Å². The number of amides is 1. The van der Waals surface area contributed by atoms with Crippen LogP contribution in [0.2, 0.25) is 5.02 Å². The van der Waals surface area contributed by atoms with Crippen molar-refractivity contribution in [2.24, 2.45) is 0 Å². The zero-order chi connectivity index (χ0) is 17.3. The van der Waals surface area contributed by atoms with E-state index in [0.717, 1.165) is 19.4 Å². The Hall–Kier alpha value is -1.52. The molecule has 0 saturated heterocycles. The molecular formula is C19H22ClNO2S. The van der Waals surface area contributed by atoms with Crippen molar-refractivity contribution >= 4 is 28.8 Å². The number of hydrogen-bond acceptors (Lipinski definition) is 3. The maximum atomic E-state index is 13.2. The van der Waals surface area contributed by atoms with Crippen molar-refractivity contribution < 1.29 is 9.53 Å². The van der Waals surface area contributed by atoms with Crippen LogP contribution < -0.4 is 4.74 Å². The summed E-state index contributed by atoms with van der Waals surface area (Å²) in [6.07, 6.45) is 1.83. The summed E-state index contributed by atoms with van der Waals surface area (Å²) in [6, 6.07) is 9.42. The molecule has 0 spiro atoms. The van der Waals surface area contributed by atoms with Gasteiger partial charge in [-0.3, -0.25) is 4.79 Å². The number of fused-ring (bicyclic) bond motifs is 1. The first-order valence-corrected chi connectivity index (χ1v) is 9.50. The molecule has 3 nitrogen and oxygen atoms in total. The Morgan fingerprint density at radius 2 is 2.04 bits per heavy atom. The van der Waals surface area contributed by atoms with E-state index in [9.17, 15) is 4.79 Å². The van der Waals surface area contributed by atoms with Crippen molar-refractivity contribution in [3.63, 3.8) is 0 Å². The molecule has 1 amide bonds. The number of carbonyl (C=O) groups excluding carboxylic acids is 1. The number of ether oxygens (including phenoxy) is 1. The molecule has 1 unspecified atom stereocenters. The molecule has 2 aromatic rings. The van der Waals surface area contributed by atoms with Gasteiger partial charge < -0.3 is 9.64 Å². The molecule has 1 aromatic carbocycles. The molecule has 1 aromatic heterocycles. The summed E-state index contributed by atoms with van der Waals surface area (Å²) in [4.78, 5) is 16.6. The van der Waals surface area contributed by atoms with E-state index in [1.807, 2.05) is 18.7 Å². The molecule has 1 aliphatic rings. The van der Waals surface area contributed by atoms with Gasteiger partial charge in [0, 0.05) is 16.4 Å². The van der Waals surface area contributed by atoms with E-state index in [0.29, 0.717) is 10.8 Å². The second-order valence-electron chi connectivity index (χ2n) is 6.54. The van der Waals surface area contributed by atoms with Gasteiger partial charge in [0.2, 0.25) is 0 Å². The third kappa shape index (κ3) is 3.31. The number of benzene rings is 1. The van der Waals surface area contributed by atoms with E-state index >= 15 is 0 Å². The smallest absolute Gasteiger partial charge is 0.266 e. The van der Waals surface area contributed by atoms with Gasteiger partial charge in [0.1, 0.15) is 5.75 Å². The Morgan fingerprint density at radius 1 is 1.33 bits per heavy atom. The van der Waals surface area contributed by atoms with E-state index < -0.39 is 5.60 Å². The van der Waals surface area contributed by atoms with Crippen LogP contribution in [0.25, 0.3) is 0 Å². The molecule has 0 aliphatic carbocycles. The van der Waals surface area contributed by atoms with E-state index in [-0.39, 0.29) is 11.9 Å². The summed E-state index contributed by atoms with van der Waals surface area (Å²) < 4.78 is 5.99. The lowest BCUT2D eigenvalue weighted by Gasteiger charge is -2.40. The predicted octanol–water partition coefficient (Wildman–Crippen LogP) is 5.09. The Bertz CT molecular complexity index is 723. The molecule has 128 valence electrons. The fourth-order valence-corrected chi connectivity index (χ4v) is 4.32. The normalized spacial score (nSPS) is 17.5. The predicted molar refractivity (Wildman–Crippen MR) is 98.9 cm³/mol. The fourth-order valence-electron chi connectivity index (χ4n) is 3.27. The summed E-state index contributed by atoms with van der Waals surface area (Å²) in [7, 11) is 0. The second-order valence-corrected chi connectivity index (χ2v) is 7.98. The van der Waals surface area contributed by atoms with E-state index in [1.165, 1.54) is 10.4 Å². The van der Waals surface area contributed by atoms with Crippen LogP contribution in [-0.4, -0.2) is 23.0 Å². The van der Waals surface area contributed by atoms with Crippen molar-refractivity contribution in [2.75, 3.05) is 6.54 Å². The molecule has 0 saturated carbocycles. The Labute approximate surface area is 152 Å². The van der Waals surface area contributed by atoms with E-state index in [1.54, 1.807) is 35.6 Å². The quantitative estimate of drug-likeness (QED) is 0.756. The van der Waals surface area contributed by atoms with Gasteiger partial charge in [-0.2, -0.15) is 0 Å². The molecule has 0 fully saturated rings. The van der Waals surface area contributed by atoms with Crippen molar-refractivity contribution in [3.8, 4) is 5.75 Å². The highest BCUT2D eigenvalue weighted by Crippen LogP contribution is 2.37. The fraction of sp³-hybridized carbons (Fsp3) is 0.421. The highest BCUT2D eigenvalue weighted by Gasteiger charge is 2.39. The zero-order valence-electron chi connectivity index (χ0n) is 14.2. The minimum Gasteiger partial charge on any atom is -0.478 e. The van der Waals surface area contributed by atoms with E-state index in [4.69, 9.17) is 16.3 Å². The largest absolute Gasteiger partial charge is 0.478 e. The number of carbonyl (C=O) groups is 1. The maximum absolute atomic E-state index is 13.2. The monoisotopic (exact) mass is 363 g/mol. The lowest BCUT2D eigenvalue weighted by molar-refractivity contribution is -0.148. The van der Waals surface area contributed by atoms with Crippen LogP contribution in [0.5, 0.6) is 5.75 Å². The average molecular weight is 364 g/mol. The van der Waals surface area contributed by atoms with Crippen molar-refractivity contribution in [1.29, 1.82) is 0 Å². The van der Waals surface area contributed by atoms with Gasteiger partial charge in [-0.05, 0) is 68.0 Å². The van der Waals surface area contributed by atoms with Crippen molar-refractivity contribution in [2.45, 2.75) is 45.3 Å². The molecule has 0 radical (unpaired) electrons. The van der Waals surface area contributed by atoms with Gasteiger partial charge in [0.25, 0.3) is 5.91 Å². The molecule has 1 aliphatic heterocycles. The Morgan fingerprint density at radius 3 is 2.71 bits per heavy atom. The van der Waals surface area contributed by atoms with Crippen LogP contribution in [0.15, 0.2) is 35.7 Å². The molecule has 0 bridgehead atoms. The molecular weight excluding hydrogens is 342 g/mol. The average Bonchev–Trinajstić information content (AvgIpc) is 3.03. The second kappa shape index (κ2) is 6.77. The number of hydrogen-bond donors (Lipinski definition) is 0. The summed E-state index contributed by atoms with van der Waals surface area (Å²) >= 11 is 7.70. The topological polar surface area (TPSA) is 29.5 Å². The first-order chi connectivity index (χ1) is 11.4. The summed E-state index contributed by atoms with van der Waals surface area (Å²) in [5, 5.41) is 2.77. The minimum absolute atomic E-state index is 0.0288. The van der Waals surface area contributed by atoms with Gasteiger partial charge in [-0.25, -0.2) is 0 Å². The van der Waals surface area contributed by atoms with Gasteiger partial charge in [0.15, 0.2) is 5.60 Å². The Kier molecular flexibility index (Phi) is 4.88. The number of rotatable bonds is 4. The molecule has 5 heteroatoms. The molecule has 0 N–H and O–H groups in total. The molecule has 1 atom stereocenters. The standard InChI is InChI=1S/C19H22ClNO2S/c1-4-16-15-10-12-24-17(15)9-11-21(16)18(22)19(2,3)23-14-7-5-13(20)6-8-14/h5-8,10,12,16H,4,9,11H2,1-3H3. The first kappa shape index (κ1) is 17.3. The lowest BCUT2D eigenvalue weighted by atomic mass is 9.95. The highest BCUT2D eigenvalue weighted by atomic mass is 35.5.